The lowest BCUT2D eigenvalue weighted by atomic mass is 10.1. The van der Waals surface area contributed by atoms with Crippen molar-refractivity contribution in [1.29, 1.82) is 0 Å². The maximum atomic E-state index is 13.3. The number of benzene rings is 3. The Bertz CT molecular complexity index is 1340. The molecule has 0 saturated heterocycles. The topological polar surface area (TPSA) is 103 Å². The summed E-state index contributed by atoms with van der Waals surface area (Å²) in [5.74, 6) is -0.304. The Hall–Kier alpha value is -4.54. The first-order chi connectivity index (χ1) is 15.7. The highest BCUT2D eigenvalue weighted by Crippen LogP contribution is 2.37. The Labute approximate surface area is 184 Å². The Morgan fingerprint density at radius 2 is 1.76 bits per heavy atom. The number of alkyl halides is 3. The van der Waals surface area contributed by atoms with Gasteiger partial charge in [0, 0.05) is 22.9 Å². The summed E-state index contributed by atoms with van der Waals surface area (Å²) in [7, 11) is 0. The van der Waals surface area contributed by atoms with Crippen LogP contribution in [0, 0.1) is 10.1 Å². The number of nitro benzene ring substituents is 1. The van der Waals surface area contributed by atoms with E-state index in [0.717, 1.165) is 16.8 Å². The fraction of sp³-hybridized carbons (Fsp3) is 0.0455. The summed E-state index contributed by atoms with van der Waals surface area (Å²) in [5, 5.41) is 21.5. The van der Waals surface area contributed by atoms with Crippen LogP contribution in [-0.2, 0) is 6.18 Å². The molecule has 1 heterocycles. The number of hydrogen-bond acceptors (Lipinski definition) is 5. The minimum absolute atomic E-state index is 0.0415. The van der Waals surface area contributed by atoms with Crippen LogP contribution in [0.1, 0.15) is 15.9 Å². The number of nitro groups is 1. The highest BCUT2D eigenvalue weighted by molar-refractivity contribution is 6.04. The van der Waals surface area contributed by atoms with Gasteiger partial charge in [-0.3, -0.25) is 14.9 Å². The zero-order valence-electron chi connectivity index (χ0n) is 16.7. The Morgan fingerprint density at radius 3 is 2.45 bits per heavy atom. The zero-order valence-corrected chi connectivity index (χ0v) is 16.7. The van der Waals surface area contributed by atoms with Crippen molar-refractivity contribution in [2.24, 2.45) is 0 Å². The smallest absolute Gasteiger partial charge is 0.322 e. The summed E-state index contributed by atoms with van der Waals surface area (Å²) in [4.78, 5) is 22.2. The number of carbonyl (C=O) groups is 1. The molecular formula is C22H14F3N5O3. The molecule has 1 N–H and O–H groups in total. The fourth-order valence-electron chi connectivity index (χ4n) is 3.12. The van der Waals surface area contributed by atoms with Gasteiger partial charge in [0.1, 0.15) is 11.3 Å². The van der Waals surface area contributed by atoms with E-state index in [1.165, 1.54) is 6.20 Å². The maximum Gasteiger partial charge on any atom is 0.423 e. The van der Waals surface area contributed by atoms with Crippen LogP contribution in [0.4, 0.5) is 24.5 Å². The van der Waals surface area contributed by atoms with Crippen LogP contribution in [0.15, 0.2) is 79.0 Å². The predicted molar refractivity (Wildman–Crippen MR) is 113 cm³/mol. The van der Waals surface area contributed by atoms with Gasteiger partial charge in [0.25, 0.3) is 11.6 Å². The van der Waals surface area contributed by atoms with Gasteiger partial charge in [-0.2, -0.15) is 13.2 Å². The molecule has 4 aromatic rings. The first-order valence-electron chi connectivity index (χ1n) is 9.47. The van der Waals surface area contributed by atoms with E-state index >= 15 is 0 Å². The number of nitrogens with zero attached hydrogens (tertiary/aromatic N) is 4. The van der Waals surface area contributed by atoms with Crippen LogP contribution >= 0.6 is 0 Å². The molecule has 11 heteroatoms. The molecule has 0 unspecified atom stereocenters. The predicted octanol–water partition coefficient (Wildman–Crippen LogP) is 5.11. The highest BCUT2D eigenvalue weighted by Gasteiger charge is 2.38. The molecule has 0 radical (unpaired) electrons. The summed E-state index contributed by atoms with van der Waals surface area (Å²) in [6, 6.07) is 17.9. The van der Waals surface area contributed by atoms with Gasteiger partial charge in [0.15, 0.2) is 0 Å². The van der Waals surface area contributed by atoms with Crippen molar-refractivity contribution in [2.45, 2.75) is 6.18 Å². The minimum atomic E-state index is -4.91. The van der Waals surface area contributed by atoms with Crippen molar-refractivity contribution in [3.05, 3.63) is 100 Å². The van der Waals surface area contributed by atoms with Gasteiger partial charge in [0.05, 0.1) is 16.8 Å². The van der Waals surface area contributed by atoms with Gasteiger partial charge in [-0.25, -0.2) is 4.68 Å². The van der Waals surface area contributed by atoms with Crippen molar-refractivity contribution in [3.8, 4) is 16.9 Å². The average Bonchev–Trinajstić information content (AvgIpc) is 3.29. The molecule has 0 aliphatic heterocycles. The third-order valence-electron chi connectivity index (χ3n) is 4.69. The summed E-state index contributed by atoms with van der Waals surface area (Å²) >= 11 is 0. The standard InChI is InChI=1S/C22H14F3N5O3/c23-22(24,25)18-12-17(9-10-20(18)30(32)33)29-13-19(27-28-29)15-7-4-8-16(11-15)26-21(31)14-5-2-1-3-6-14/h1-13H,(H,26,31). The molecule has 0 aliphatic rings. The van der Waals surface area contributed by atoms with E-state index < -0.39 is 22.4 Å². The Kier molecular flexibility index (Phi) is 5.61. The molecule has 0 aliphatic carbocycles. The van der Waals surface area contributed by atoms with E-state index in [1.807, 2.05) is 0 Å². The molecule has 0 fully saturated rings. The number of amides is 1. The Morgan fingerprint density at radius 1 is 1.00 bits per heavy atom. The SMILES string of the molecule is O=C(Nc1cccc(-c2cn(-c3ccc([N+](=O)[O-])c(C(F)(F)F)c3)nn2)c1)c1ccccc1. The lowest BCUT2D eigenvalue weighted by Gasteiger charge is -2.09. The second kappa shape index (κ2) is 8.54. The molecule has 1 aromatic heterocycles. The molecular weight excluding hydrogens is 439 g/mol. The third kappa shape index (κ3) is 4.71. The van der Waals surface area contributed by atoms with Crippen LogP contribution in [-0.4, -0.2) is 25.8 Å². The van der Waals surface area contributed by atoms with Gasteiger partial charge in [-0.05, 0) is 36.4 Å². The second-order valence-electron chi connectivity index (χ2n) is 6.91. The summed E-state index contributed by atoms with van der Waals surface area (Å²) in [6.07, 6.45) is -3.52. The van der Waals surface area contributed by atoms with Crippen LogP contribution in [0.5, 0.6) is 0 Å². The largest absolute Gasteiger partial charge is 0.423 e. The van der Waals surface area contributed by atoms with Crippen LogP contribution < -0.4 is 5.32 Å². The van der Waals surface area contributed by atoms with E-state index in [0.29, 0.717) is 28.6 Å². The quantitative estimate of drug-likeness (QED) is 0.334. The molecule has 0 atom stereocenters. The van der Waals surface area contributed by atoms with Crippen molar-refractivity contribution in [3.63, 3.8) is 0 Å². The third-order valence-corrected chi connectivity index (χ3v) is 4.69. The van der Waals surface area contributed by atoms with E-state index in [4.69, 9.17) is 0 Å². The molecule has 33 heavy (non-hydrogen) atoms. The molecule has 3 aromatic carbocycles. The number of anilines is 1. The number of carbonyl (C=O) groups excluding carboxylic acids is 1. The van der Waals surface area contributed by atoms with E-state index in [9.17, 15) is 28.1 Å². The summed E-state index contributed by atoms with van der Waals surface area (Å²) in [5.41, 5.74) is -0.609. The van der Waals surface area contributed by atoms with E-state index in [-0.39, 0.29) is 11.6 Å². The number of rotatable bonds is 5. The van der Waals surface area contributed by atoms with Gasteiger partial charge in [-0.1, -0.05) is 35.5 Å². The molecule has 0 bridgehead atoms. The average molecular weight is 453 g/mol. The van der Waals surface area contributed by atoms with Crippen molar-refractivity contribution < 1.29 is 22.9 Å². The molecule has 0 spiro atoms. The van der Waals surface area contributed by atoms with Gasteiger partial charge >= 0.3 is 6.18 Å². The zero-order chi connectivity index (χ0) is 23.6. The van der Waals surface area contributed by atoms with Crippen molar-refractivity contribution in [1.82, 2.24) is 15.0 Å². The van der Waals surface area contributed by atoms with Crippen LogP contribution in [0.3, 0.4) is 0 Å². The first kappa shape index (κ1) is 21.7. The van der Waals surface area contributed by atoms with Gasteiger partial charge in [0.2, 0.25) is 0 Å². The van der Waals surface area contributed by atoms with Crippen LogP contribution in [0.25, 0.3) is 16.9 Å². The van der Waals surface area contributed by atoms with Gasteiger partial charge in [-0.15, -0.1) is 5.10 Å². The molecule has 0 saturated carbocycles. The normalized spacial score (nSPS) is 11.2. The molecule has 4 rings (SSSR count). The number of halogens is 3. The van der Waals surface area contributed by atoms with Crippen LogP contribution in [0.2, 0.25) is 0 Å². The lowest BCUT2D eigenvalue weighted by molar-refractivity contribution is -0.388. The highest BCUT2D eigenvalue weighted by atomic mass is 19.4. The van der Waals surface area contributed by atoms with Crippen molar-refractivity contribution >= 4 is 17.3 Å². The second-order valence-corrected chi connectivity index (χ2v) is 6.91. The fourth-order valence-corrected chi connectivity index (χ4v) is 3.12. The monoisotopic (exact) mass is 453 g/mol. The summed E-state index contributed by atoms with van der Waals surface area (Å²) in [6.45, 7) is 0. The molecule has 8 nitrogen and oxygen atoms in total. The summed E-state index contributed by atoms with van der Waals surface area (Å²) < 4.78 is 40.9. The molecule has 166 valence electrons. The lowest BCUT2D eigenvalue weighted by Crippen LogP contribution is -2.11. The van der Waals surface area contributed by atoms with Gasteiger partial charge < -0.3 is 5.32 Å². The van der Waals surface area contributed by atoms with E-state index in [2.05, 4.69) is 15.6 Å². The van der Waals surface area contributed by atoms with Crippen molar-refractivity contribution in [2.75, 3.05) is 5.32 Å². The first-order valence-corrected chi connectivity index (χ1v) is 9.47. The number of nitrogens with one attached hydrogen (secondary N) is 1. The van der Waals surface area contributed by atoms with E-state index in [1.54, 1.807) is 54.6 Å². The maximum absolute atomic E-state index is 13.3. The number of hydrogen-bond donors (Lipinski definition) is 1. The minimum Gasteiger partial charge on any atom is -0.322 e. The molecule has 1 amide bonds. The number of aromatic nitrogens is 3. The Balaban J connectivity index is 1.61.